The number of nitrogens with zero attached hydrogens (tertiary/aromatic N) is 2. The second-order valence-electron chi connectivity index (χ2n) is 17.6. The van der Waals surface area contributed by atoms with Gasteiger partial charge >= 0.3 is 0 Å². The number of benzene rings is 11. The maximum absolute atomic E-state index is 6.58. The second-order valence-corrected chi connectivity index (χ2v) is 17.6. The third-order valence-corrected chi connectivity index (χ3v) is 14.1. The molecule has 15 rings (SSSR count). The largest absolute Gasteiger partial charge is 0.456 e. The molecule has 0 spiro atoms. The van der Waals surface area contributed by atoms with E-state index in [1.165, 1.54) is 59.7 Å². The SMILES string of the molecule is c1ccc2c(-n3c4ccc(-c5ccc6c(c5)c5c7ccccc7ccc5n6-c5ccc6oc7ccccc7c6c5)cc4c4cc(-c5cccc6c5oc5ccccc56)ccc43)cccc2c1. The molecule has 0 fully saturated rings. The molecule has 0 N–H and O–H groups in total. The topological polar surface area (TPSA) is 36.1 Å². The van der Waals surface area contributed by atoms with Crippen molar-refractivity contribution in [3.63, 3.8) is 0 Å². The molecular formula is C62H36N2O2. The van der Waals surface area contributed by atoms with Crippen LogP contribution in [-0.2, 0) is 0 Å². The highest BCUT2D eigenvalue weighted by Gasteiger charge is 2.21. The third-order valence-electron chi connectivity index (χ3n) is 14.1. The van der Waals surface area contributed by atoms with Crippen molar-refractivity contribution in [1.29, 1.82) is 0 Å². The Morgan fingerprint density at radius 1 is 0.288 bits per heavy atom. The van der Waals surface area contributed by atoms with Crippen molar-refractivity contribution in [3.05, 3.63) is 218 Å². The fraction of sp³-hybridized carbons (Fsp3) is 0. The highest BCUT2D eigenvalue weighted by atomic mass is 16.3. The Kier molecular flexibility index (Phi) is 7.19. The maximum atomic E-state index is 6.58. The van der Waals surface area contributed by atoms with Gasteiger partial charge < -0.3 is 18.0 Å². The lowest BCUT2D eigenvalue weighted by Crippen LogP contribution is -1.95. The third kappa shape index (κ3) is 4.98. The van der Waals surface area contributed by atoms with E-state index in [9.17, 15) is 0 Å². The molecule has 0 unspecified atom stereocenters. The minimum Gasteiger partial charge on any atom is -0.456 e. The molecule has 4 nitrogen and oxygen atoms in total. The molecule has 4 heteroatoms. The van der Waals surface area contributed by atoms with E-state index < -0.39 is 0 Å². The smallest absolute Gasteiger partial charge is 0.143 e. The van der Waals surface area contributed by atoms with Gasteiger partial charge in [0, 0.05) is 59.7 Å². The van der Waals surface area contributed by atoms with Crippen molar-refractivity contribution < 1.29 is 8.83 Å². The zero-order valence-corrected chi connectivity index (χ0v) is 35.5. The van der Waals surface area contributed by atoms with E-state index in [1.54, 1.807) is 0 Å². The van der Waals surface area contributed by atoms with Gasteiger partial charge in [-0.2, -0.15) is 0 Å². The molecule has 0 amide bonds. The lowest BCUT2D eigenvalue weighted by Gasteiger charge is -2.12. The summed E-state index contributed by atoms with van der Waals surface area (Å²) in [5, 5.41) is 14.3. The first-order valence-corrected chi connectivity index (χ1v) is 22.6. The molecule has 0 aliphatic rings. The number of rotatable bonds is 4. The molecule has 0 aliphatic carbocycles. The summed E-state index contributed by atoms with van der Waals surface area (Å²) in [5.41, 5.74) is 15.1. The maximum Gasteiger partial charge on any atom is 0.143 e. The van der Waals surface area contributed by atoms with Crippen molar-refractivity contribution in [2.45, 2.75) is 0 Å². The first kappa shape index (κ1) is 35.6. The van der Waals surface area contributed by atoms with E-state index in [4.69, 9.17) is 8.83 Å². The number of para-hydroxylation sites is 3. The van der Waals surface area contributed by atoms with Gasteiger partial charge in [0.2, 0.25) is 0 Å². The first-order valence-electron chi connectivity index (χ1n) is 22.6. The molecule has 0 saturated carbocycles. The van der Waals surface area contributed by atoms with Crippen LogP contribution in [0.5, 0.6) is 0 Å². The van der Waals surface area contributed by atoms with Gasteiger partial charge in [-0.25, -0.2) is 0 Å². The molecule has 11 aromatic carbocycles. The van der Waals surface area contributed by atoms with E-state index in [0.717, 1.165) is 82.9 Å². The van der Waals surface area contributed by atoms with Crippen LogP contribution in [-0.4, -0.2) is 9.13 Å². The molecule has 4 aromatic heterocycles. The number of hydrogen-bond acceptors (Lipinski definition) is 2. The summed E-state index contributed by atoms with van der Waals surface area (Å²) in [4.78, 5) is 0. The van der Waals surface area contributed by atoms with Crippen LogP contribution in [0.15, 0.2) is 227 Å². The van der Waals surface area contributed by atoms with Gasteiger partial charge in [0.25, 0.3) is 0 Å². The lowest BCUT2D eigenvalue weighted by molar-refractivity contribution is 0.669. The highest BCUT2D eigenvalue weighted by molar-refractivity contribution is 6.22. The zero-order valence-electron chi connectivity index (χ0n) is 35.5. The van der Waals surface area contributed by atoms with E-state index in [-0.39, 0.29) is 0 Å². The first-order chi connectivity index (χ1) is 32.7. The van der Waals surface area contributed by atoms with Crippen LogP contribution >= 0.6 is 0 Å². The van der Waals surface area contributed by atoms with Gasteiger partial charge in [-0.15, -0.1) is 0 Å². The monoisotopic (exact) mass is 840 g/mol. The Labute approximate surface area is 377 Å². The molecule has 0 saturated heterocycles. The van der Waals surface area contributed by atoms with Crippen LogP contribution in [0.3, 0.4) is 0 Å². The van der Waals surface area contributed by atoms with E-state index in [0.29, 0.717) is 0 Å². The molecule has 4 heterocycles. The summed E-state index contributed by atoms with van der Waals surface area (Å²) < 4.78 is 17.7. The summed E-state index contributed by atoms with van der Waals surface area (Å²) in [5.74, 6) is 0. The number of hydrogen-bond donors (Lipinski definition) is 0. The van der Waals surface area contributed by atoms with Gasteiger partial charge in [0.15, 0.2) is 0 Å². The van der Waals surface area contributed by atoms with Crippen LogP contribution in [0.2, 0.25) is 0 Å². The molecule has 0 radical (unpaired) electrons. The van der Waals surface area contributed by atoms with Crippen LogP contribution in [0.4, 0.5) is 0 Å². The fourth-order valence-corrected chi connectivity index (χ4v) is 11.1. The summed E-state index contributed by atoms with van der Waals surface area (Å²) in [6.45, 7) is 0. The number of furan rings is 2. The van der Waals surface area contributed by atoms with Gasteiger partial charge in [-0.3, -0.25) is 0 Å². The summed E-state index contributed by atoms with van der Waals surface area (Å²) in [6.07, 6.45) is 0. The predicted molar refractivity (Wildman–Crippen MR) is 276 cm³/mol. The molecule has 0 bridgehead atoms. The van der Waals surface area contributed by atoms with E-state index >= 15 is 0 Å². The van der Waals surface area contributed by atoms with Crippen LogP contribution in [0.25, 0.3) is 143 Å². The van der Waals surface area contributed by atoms with Crippen molar-refractivity contribution in [1.82, 2.24) is 9.13 Å². The average Bonchev–Trinajstić information content (AvgIpc) is 4.13. The molecule has 0 aliphatic heterocycles. The van der Waals surface area contributed by atoms with Crippen LogP contribution < -0.4 is 0 Å². The highest BCUT2D eigenvalue weighted by Crippen LogP contribution is 2.44. The van der Waals surface area contributed by atoms with Crippen molar-refractivity contribution in [2.75, 3.05) is 0 Å². The molecule has 15 aromatic rings. The quantitative estimate of drug-likeness (QED) is 0.177. The predicted octanol–water partition coefficient (Wildman–Crippen LogP) is 17.3. The lowest BCUT2D eigenvalue weighted by atomic mass is 9.98. The molecule has 0 atom stereocenters. The Bertz CT molecular complexity index is 4530. The number of aromatic nitrogens is 2. The normalized spacial score (nSPS) is 12.2. The summed E-state index contributed by atoms with van der Waals surface area (Å²) in [6, 6.07) is 79.3. The Morgan fingerprint density at radius 3 is 1.62 bits per heavy atom. The van der Waals surface area contributed by atoms with E-state index in [2.05, 4.69) is 209 Å². The fourth-order valence-electron chi connectivity index (χ4n) is 11.1. The van der Waals surface area contributed by atoms with Crippen molar-refractivity contribution in [3.8, 4) is 33.6 Å². The van der Waals surface area contributed by atoms with Crippen molar-refractivity contribution >= 4 is 109 Å². The van der Waals surface area contributed by atoms with Gasteiger partial charge in [0.05, 0.1) is 27.8 Å². The molecule has 66 heavy (non-hydrogen) atoms. The number of fused-ring (bicyclic) bond motifs is 15. The molecular weight excluding hydrogens is 805 g/mol. The van der Waals surface area contributed by atoms with Crippen molar-refractivity contribution in [2.24, 2.45) is 0 Å². The molecule has 306 valence electrons. The van der Waals surface area contributed by atoms with Gasteiger partial charge in [0.1, 0.15) is 22.3 Å². The standard InChI is InChI=1S/C62H36N2O2/c1-3-14-43-37(11-1)13-9-20-53(43)64-54-28-24-39(33-49(54)50-35-41(26-30-55(50)64)45-18-10-19-48-46-16-5-8-22-59(46)66-62(45)48)40-25-29-56-52(34-40)61-44-15-4-2-12-38(44)23-31-57(61)63(56)42-27-32-60-51(36-42)47-17-6-7-21-58(47)65-60/h1-36H. The summed E-state index contributed by atoms with van der Waals surface area (Å²) in [7, 11) is 0. The van der Waals surface area contributed by atoms with E-state index in [1.807, 2.05) is 18.2 Å². The van der Waals surface area contributed by atoms with Gasteiger partial charge in [-0.05, 0) is 112 Å². The Balaban J connectivity index is 0.974. The minimum atomic E-state index is 0.893. The van der Waals surface area contributed by atoms with Crippen LogP contribution in [0.1, 0.15) is 0 Å². The Morgan fingerprint density at radius 2 is 0.833 bits per heavy atom. The second kappa shape index (κ2) is 13.3. The minimum absolute atomic E-state index is 0.893. The zero-order chi connectivity index (χ0) is 43.0. The Hall–Kier alpha value is -8.86. The van der Waals surface area contributed by atoms with Gasteiger partial charge in [-0.1, -0.05) is 140 Å². The van der Waals surface area contributed by atoms with Crippen LogP contribution in [0, 0.1) is 0 Å². The average molecular weight is 841 g/mol. The summed E-state index contributed by atoms with van der Waals surface area (Å²) >= 11 is 0.